The number of hydrogen-bond acceptors (Lipinski definition) is 2. The lowest BCUT2D eigenvalue weighted by molar-refractivity contribution is 0.591. The average Bonchev–Trinajstić information content (AvgIpc) is 2.37. The van der Waals surface area contributed by atoms with Crippen molar-refractivity contribution in [3.05, 3.63) is 29.6 Å². The number of thioether (sulfide) groups is 1. The Labute approximate surface area is 114 Å². The Bertz CT molecular complexity index is 368. The molecule has 0 spiro atoms. The van der Waals surface area contributed by atoms with Crippen LogP contribution in [0.2, 0.25) is 0 Å². The van der Waals surface area contributed by atoms with E-state index in [1.807, 2.05) is 12.1 Å². The minimum absolute atomic E-state index is 0.107. The standard InChI is InChI=1S/C15H24FNS/c1-4-11(3)10-18-15-7-6-12(9-14(15)16)8-13(17)5-2/h6-7,9,11,13H,4-5,8,10,17H2,1-3H3. The molecule has 2 atom stereocenters. The first-order valence-corrected chi connectivity index (χ1v) is 7.72. The zero-order valence-electron chi connectivity index (χ0n) is 11.6. The Morgan fingerprint density at radius 1 is 1.28 bits per heavy atom. The van der Waals surface area contributed by atoms with E-state index >= 15 is 0 Å². The van der Waals surface area contributed by atoms with Crippen molar-refractivity contribution >= 4 is 11.8 Å². The van der Waals surface area contributed by atoms with Crippen LogP contribution in [0.25, 0.3) is 0 Å². The first kappa shape index (κ1) is 15.5. The van der Waals surface area contributed by atoms with Gasteiger partial charge in [-0.1, -0.05) is 33.3 Å². The molecular formula is C15H24FNS. The summed E-state index contributed by atoms with van der Waals surface area (Å²) in [4.78, 5) is 0.754. The van der Waals surface area contributed by atoms with Crippen molar-refractivity contribution < 1.29 is 4.39 Å². The molecule has 0 bridgehead atoms. The van der Waals surface area contributed by atoms with Gasteiger partial charge in [0, 0.05) is 16.7 Å². The Balaban J connectivity index is 2.62. The Kier molecular flexibility index (Phi) is 6.72. The van der Waals surface area contributed by atoms with E-state index in [0.29, 0.717) is 5.92 Å². The Morgan fingerprint density at radius 2 is 2.00 bits per heavy atom. The van der Waals surface area contributed by atoms with Crippen LogP contribution < -0.4 is 5.73 Å². The summed E-state index contributed by atoms with van der Waals surface area (Å²) in [6.45, 7) is 6.41. The smallest absolute Gasteiger partial charge is 0.137 e. The summed E-state index contributed by atoms with van der Waals surface area (Å²) in [5.41, 5.74) is 6.88. The highest BCUT2D eigenvalue weighted by Crippen LogP contribution is 2.25. The average molecular weight is 269 g/mol. The van der Waals surface area contributed by atoms with Crippen LogP contribution in [0.1, 0.15) is 39.2 Å². The molecule has 1 rings (SSSR count). The number of halogens is 1. The third-order valence-electron chi connectivity index (χ3n) is 3.24. The molecule has 2 N–H and O–H groups in total. The van der Waals surface area contributed by atoms with Gasteiger partial charge in [-0.25, -0.2) is 4.39 Å². The maximum absolute atomic E-state index is 13.9. The van der Waals surface area contributed by atoms with Gasteiger partial charge in [-0.2, -0.15) is 0 Å². The van der Waals surface area contributed by atoms with Gasteiger partial charge in [0.2, 0.25) is 0 Å². The molecule has 0 saturated carbocycles. The minimum Gasteiger partial charge on any atom is -0.327 e. The molecule has 0 amide bonds. The zero-order chi connectivity index (χ0) is 13.5. The third-order valence-corrected chi connectivity index (χ3v) is 4.62. The highest BCUT2D eigenvalue weighted by molar-refractivity contribution is 7.99. The SMILES string of the molecule is CCC(C)CSc1ccc(CC(N)CC)cc1F. The monoisotopic (exact) mass is 269 g/mol. The van der Waals surface area contributed by atoms with Crippen LogP contribution in [0.5, 0.6) is 0 Å². The predicted octanol–water partition coefficient (Wildman–Crippen LogP) is 4.24. The fourth-order valence-electron chi connectivity index (χ4n) is 1.59. The second-order valence-corrected chi connectivity index (χ2v) is 6.02. The van der Waals surface area contributed by atoms with E-state index in [0.717, 1.165) is 35.5 Å². The van der Waals surface area contributed by atoms with E-state index in [-0.39, 0.29) is 11.9 Å². The molecule has 1 aromatic rings. The first-order valence-electron chi connectivity index (χ1n) is 6.73. The van der Waals surface area contributed by atoms with Crippen molar-refractivity contribution in [3.63, 3.8) is 0 Å². The summed E-state index contributed by atoms with van der Waals surface area (Å²) < 4.78 is 13.9. The van der Waals surface area contributed by atoms with Gasteiger partial charge in [0.15, 0.2) is 0 Å². The molecule has 3 heteroatoms. The summed E-state index contributed by atoms with van der Waals surface area (Å²) in [5.74, 6) is 1.49. The largest absolute Gasteiger partial charge is 0.327 e. The summed E-state index contributed by atoms with van der Waals surface area (Å²) >= 11 is 1.61. The van der Waals surface area contributed by atoms with Crippen LogP contribution in [-0.2, 0) is 6.42 Å². The molecule has 1 nitrogen and oxygen atoms in total. The maximum atomic E-state index is 13.9. The highest BCUT2D eigenvalue weighted by Gasteiger charge is 2.08. The van der Waals surface area contributed by atoms with E-state index in [4.69, 9.17) is 5.73 Å². The quantitative estimate of drug-likeness (QED) is 0.749. The van der Waals surface area contributed by atoms with Gasteiger partial charge in [0.1, 0.15) is 5.82 Å². The van der Waals surface area contributed by atoms with Gasteiger partial charge in [-0.15, -0.1) is 11.8 Å². The number of hydrogen-bond donors (Lipinski definition) is 1. The van der Waals surface area contributed by atoms with E-state index < -0.39 is 0 Å². The number of nitrogens with two attached hydrogens (primary N) is 1. The van der Waals surface area contributed by atoms with E-state index in [1.165, 1.54) is 0 Å². The van der Waals surface area contributed by atoms with Crippen LogP contribution in [0, 0.1) is 11.7 Å². The third kappa shape index (κ3) is 4.99. The molecule has 0 fully saturated rings. The topological polar surface area (TPSA) is 26.0 Å². The van der Waals surface area contributed by atoms with Gasteiger partial charge in [0.25, 0.3) is 0 Å². The van der Waals surface area contributed by atoms with Gasteiger partial charge in [-0.05, 0) is 36.5 Å². The second-order valence-electron chi connectivity index (χ2n) is 4.96. The normalized spacial score (nSPS) is 14.5. The molecule has 0 aliphatic carbocycles. The highest BCUT2D eigenvalue weighted by atomic mass is 32.2. The van der Waals surface area contributed by atoms with Gasteiger partial charge in [-0.3, -0.25) is 0 Å². The lowest BCUT2D eigenvalue weighted by Gasteiger charge is -2.11. The predicted molar refractivity (Wildman–Crippen MR) is 78.5 cm³/mol. The van der Waals surface area contributed by atoms with Crippen molar-refractivity contribution in [1.29, 1.82) is 0 Å². The maximum Gasteiger partial charge on any atom is 0.137 e. The van der Waals surface area contributed by atoms with E-state index in [1.54, 1.807) is 17.8 Å². The molecule has 0 saturated heterocycles. The molecule has 18 heavy (non-hydrogen) atoms. The molecule has 0 aromatic heterocycles. The lowest BCUT2D eigenvalue weighted by atomic mass is 10.0. The summed E-state index contributed by atoms with van der Waals surface area (Å²) in [6.07, 6.45) is 2.81. The molecule has 2 unspecified atom stereocenters. The van der Waals surface area contributed by atoms with Crippen molar-refractivity contribution in [2.75, 3.05) is 5.75 Å². The van der Waals surface area contributed by atoms with Crippen LogP contribution in [-0.4, -0.2) is 11.8 Å². The molecule has 0 heterocycles. The summed E-state index contributed by atoms with van der Waals surface area (Å²) in [7, 11) is 0. The lowest BCUT2D eigenvalue weighted by Crippen LogP contribution is -2.21. The Morgan fingerprint density at radius 3 is 2.56 bits per heavy atom. The van der Waals surface area contributed by atoms with Gasteiger partial charge >= 0.3 is 0 Å². The van der Waals surface area contributed by atoms with Crippen LogP contribution >= 0.6 is 11.8 Å². The minimum atomic E-state index is -0.107. The number of benzene rings is 1. The molecule has 0 aliphatic heterocycles. The number of rotatable bonds is 7. The van der Waals surface area contributed by atoms with Crippen LogP contribution in [0.15, 0.2) is 23.1 Å². The van der Waals surface area contributed by atoms with Crippen molar-refractivity contribution in [1.82, 2.24) is 0 Å². The molecule has 0 radical (unpaired) electrons. The van der Waals surface area contributed by atoms with E-state index in [2.05, 4.69) is 20.8 Å². The zero-order valence-corrected chi connectivity index (χ0v) is 12.4. The Hall–Kier alpha value is -0.540. The fraction of sp³-hybridized carbons (Fsp3) is 0.600. The fourth-order valence-corrected chi connectivity index (χ4v) is 2.65. The van der Waals surface area contributed by atoms with Gasteiger partial charge in [0.05, 0.1) is 0 Å². The summed E-state index contributed by atoms with van der Waals surface area (Å²) in [5, 5.41) is 0. The molecule has 1 aromatic carbocycles. The van der Waals surface area contributed by atoms with Crippen LogP contribution in [0.3, 0.4) is 0 Å². The van der Waals surface area contributed by atoms with Crippen molar-refractivity contribution in [2.45, 2.75) is 51.0 Å². The molecule has 102 valence electrons. The first-order chi connectivity index (χ1) is 8.56. The van der Waals surface area contributed by atoms with Gasteiger partial charge < -0.3 is 5.73 Å². The summed E-state index contributed by atoms with van der Waals surface area (Å²) in [6, 6.07) is 5.65. The van der Waals surface area contributed by atoms with E-state index in [9.17, 15) is 4.39 Å². The molecule has 0 aliphatic rings. The second kappa shape index (κ2) is 7.80. The van der Waals surface area contributed by atoms with Crippen molar-refractivity contribution in [3.8, 4) is 0 Å². The van der Waals surface area contributed by atoms with Crippen LogP contribution in [0.4, 0.5) is 4.39 Å². The molecular weight excluding hydrogens is 245 g/mol. The van der Waals surface area contributed by atoms with Crippen molar-refractivity contribution in [2.24, 2.45) is 11.7 Å².